The van der Waals surface area contributed by atoms with Gasteiger partial charge >= 0.3 is 6.03 Å². The summed E-state index contributed by atoms with van der Waals surface area (Å²) in [4.78, 5) is 39.1. The number of anilines is 1. The molecule has 1 unspecified atom stereocenters. The minimum atomic E-state index is -0.784. The predicted molar refractivity (Wildman–Crippen MR) is 99.6 cm³/mol. The quantitative estimate of drug-likeness (QED) is 0.626. The zero-order chi connectivity index (χ0) is 20.0. The van der Waals surface area contributed by atoms with Crippen molar-refractivity contribution in [2.45, 2.75) is 6.04 Å². The van der Waals surface area contributed by atoms with E-state index in [2.05, 4.69) is 5.32 Å². The molecule has 2 N–H and O–H groups in total. The molecule has 0 radical (unpaired) electrons. The Morgan fingerprint density at radius 1 is 1.18 bits per heavy atom. The van der Waals surface area contributed by atoms with Gasteiger partial charge in [0.25, 0.3) is 11.6 Å². The summed E-state index contributed by atoms with van der Waals surface area (Å²) in [5.74, 6) is -0.222. The lowest BCUT2D eigenvalue weighted by Crippen LogP contribution is -2.45. The summed E-state index contributed by atoms with van der Waals surface area (Å²) in [6.07, 6.45) is 0. The van der Waals surface area contributed by atoms with Gasteiger partial charge in [0.05, 0.1) is 28.8 Å². The van der Waals surface area contributed by atoms with Crippen molar-refractivity contribution < 1.29 is 19.6 Å². The van der Waals surface area contributed by atoms with Crippen LogP contribution in [-0.2, 0) is 4.79 Å². The van der Waals surface area contributed by atoms with E-state index in [1.165, 1.54) is 40.1 Å². The number of non-ortho nitro benzene ring substituents is 1. The number of carbonyl (C=O) groups excluding carboxylic acids is 2. The Bertz CT molecular complexity index is 1030. The van der Waals surface area contributed by atoms with Gasteiger partial charge in [0, 0.05) is 24.9 Å². The monoisotopic (exact) mass is 380 g/mol. The lowest BCUT2D eigenvalue weighted by molar-refractivity contribution is -0.384. The fourth-order valence-corrected chi connectivity index (χ4v) is 3.48. The first-order valence-corrected chi connectivity index (χ1v) is 8.49. The zero-order valence-corrected chi connectivity index (χ0v) is 14.8. The van der Waals surface area contributed by atoms with E-state index in [0.717, 1.165) is 0 Å². The second kappa shape index (κ2) is 6.38. The number of hydrogen-bond donors (Lipinski definition) is 2. The van der Waals surface area contributed by atoms with E-state index >= 15 is 0 Å². The third kappa shape index (κ3) is 2.73. The van der Waals surface area contributed by atoms with Crippen molar-refractivity contribution in [3.63, 3.8) is 0 Å². The van der Waals surface area contributed by atoms with Gasteiger partial charge in [-0.25, -0.2) is 4.79 Å². The molecule has 9 nitrogen and oxygen atoms in total. The molecule has 0 aliphatic carbocycles. The van der Waals surface area contributed by atoms with Crippen molar-refractivity contribution >= 4 is 23.3 Å². The van der Waals surface area contributed by atoms with Crippen LogP contribution in [0.4, 0.5) is 16.2 Å². The van der Waals surface area contributed by atoms with Crippen molar-refractivity contribution in [2.75, 3.05) is 18.5 Å². The van der Waals surface area contributed by atoms with Crippen LogP contribution in [0.3, 0.4) is 0 Å². The zero-order valence-electron chi connectivity index (χ0n) is 14.8. The Hall–Kier alpha value is -3.88. The number of nitrogens with zero attached hydrogens (tertiary/aromatic N) is 3. The molecule has 0 aromatic heterocycles. The topological polar surface area (TPSA) is 116 Å². The van der Waals surface area contributed by atoms with E-state index in [-0.39, 0.29) is 23.9 Å². The fraction of sp³-hybridized carbons (Fsp3) is 0.158. The highest BCUT2D eigenvalue weighted by Crippen LogP contribution is 2.38. The maximum Gasteiger partial charge on any atom is 0.322 e. The molecule has 0 spiro atoms. The Morgan fingerprint density at radius 2 is 1.89 bits per heavy atom. The van der Waals surface area contributed by atoms with Crippen LogP contribution in [-0.4, -0.2) is 40.5 Å². The van der Waals surface area contributed by atoms with E-state index in [9.17, 15) is 24.8 Å². The van der Waals surface area contributed by atoms with E-state index < -0.39 is 17.0 Å². The Labute approximate surface area is 159 Å². The summed E-state index contributed by atoms with van der Waals surface area (Å²) in [5.41, 5.74) is 1.84. The second-order valence-corrected chi connectivity index (χ2v) is 6.56. The Balaban J connectivity index is 1.76. The van der Waals surface area contributed by atoms with Crippen LogP contribution in [0.2, 0.25) is 0 Å². The number of hydrogen-bond acceptors (Lipinski definition) is 5. The Morgan fingerprint density at radius 3 is 2.57 bits per heavy atom. The highest BCUT2D eigenvalue weighted by atomic mass is 16.6. The molecule has 0 saturated carbocycles. The van der Waals surface area contributed by atoms with E-state index in [1.807, 2.05) is 0 Å². The molecule has 2 aromatic rings. The average molecular weight is 380 g/mol. The summed E-state index contributed by atoms with van der Waals surface area (Å²) in [5, 5.41) is 23.3. The number of aromatic hydroxyl groups is 1. The van der Waals surface area contributed by atoms with Crippen molar-refractivity contribution in [2.24, 2.45) is 0 Å². The van der Waals surface area contributed by atoms with E-state index in [0.29, 0.717) is 22.5 Å². The molecule has 3 amide bonds. The lowest BCUT2D eigenvalue weighted by atomic mass is 9.95. The van der Waals surface area contributed by atoms with Crippen molar-refractivity contribution in [3.8, 4) is 5.75 Å². The lowest BCUT2D eigenvalue weighted by Gasteiger charge is -2.30. The highest BCUT2D eigenvalue weighted by Gasteiger charge is 2.43. The summed E-state index contributed by atoms with van der Waals surface area (Å²) in [6, 6.07) is 10.9. The molecule has 4 rings (SSSR count). The first-order valence-electron chi connectivity index (χ1n) is 8.49. The van der Waals surface area contributed by atoms with Gasteiger partial charge in [-0.2, -0.15) is 0 Å². The largest absolute Gasteiger partial charge is 0.508 e. The molecular formula is C19H16N4O5. The third-order valence-corrected chi connectivity index (χ3v) is 4.94. The minimum Gasteiger partial charge on any atom is -0.508 e. The minimum absolute atomic E-state index is 0.0801. The highest BCUT2D eigenvalue weighted by molar-refractivity contribution is 6.11. The number of likely N-dealkylation sites (N-methyl/N-ethyl adjacent to an activating group) is 1. The average Bonchev–Trinajstić information content (AvgIpc) is 3.03. The molecule has 0 bridgehead atoms. The summed E-state index contributed by atoms with van der Waals surface area (Å²) in [6.45, 7) is 0.189. The fourth-order valence-electron chi connectivity index (χ4n) is 3.48. The molecular weight excluding hydrogens is 364 g/mol. The van der Waals surface area contributed by atoms with Crippen LogP contribution in [0.1, 0.15) is 11.6 Å². The summed E-state index contributed by atoms with van der Waals surface area (Å²) < 4.78 is 0. The van der Waals surface area contributed by atoms with Crippen LogP contribution in [0.5, 0.6) is 5.75 Å². The van der Waals surface area contributed by atoms with Gasteiger partial charge in [-0.05, 0) is 29.8 Å². The van der Waals surface area contributed by atoms with Gasteiger partial charge in [-0.1, -0.05) is 12.1 Å². The summed E-state index contributed by atoms with van der Waals surface area (Å²) >= 11 is 0. The first-order chi connectivity index (χ1) is 13.4. The number of nitrogens with one attached hydrogen (secondary N) is 1. The predicted octanol–water partition coefficient (Wildman–Crippen LogP) is 2.30. The van der Waals surface area contributed by atoms with Crippen LogP contribution < -0.4 is 10.2 Å². The SMILES string of the molecule is CN1C(=O)NC(c2cccc([N+](=O)[O-])c2)C2=C1CN(c1ccc(O)cc1)C2=O. The maximum atomic E-state index is 13.2. The smallest absolute Gasteiger partial charge is 0.322 e. The third-order valence-electron chi connectivity index (χ3n) is 4.94. The number of urea groups is 1. The van der Waals surface area contributed by atoms with Gasteiger partial charge in [0.2, 0.25) is 0 Å². The van der Waals surface area contributed by atoms with Gasteiger partial charge in [0.15, 0.2) is 0 Å². The molecule has 2 aliphatic heterocycles. The number of phenolic OH excluding ortho intramolecular Hbond substituents is 1. The number of rotatable bonds is 3. The van der Waals surface area contributed by atoms with Crippen LogP contribution in [0, 0.1) is 10.1 Å². The Kier molecular flexibility index (Phi) is 3.99. The number of nitro benzene ring substituents is 1. The normalized spacial score (nSPS) is 19.0. The first kappa shape index (κ1) is 17.5. The van der Waals surface area contributed by atoms with Crippen molar-refractivity contribution in [1.29, 1.82) is 0 Å². The van der Waals surface area contributed by atoms with Gasteiger partial charge in [-0.15, -0.1) is 0 Å². The number of phenols is 1. The van der Waals surface area contributed by atoms with Crippen LogP contribution in [0.25, 0.3) is 0 Å². The summed E-state index contributed by atoms with van der Waals surface area (Å²) in [7, 11) is 1.57. The van der Waals surface area contributed by atoms with Crippen molar-refractivity contribution in [1.82, 2.24) is 10.2 Å². The number of amides is 3. The van der Waals surface area contributed by atoms with E-state index in [4.69, 9.17) is 0 Å². The second-order valence-electron chi connectivity index (χ2n) is 6.56. The van der Waals surface area contributed by atoms with Crippen LogP contribution in [0.15, 0.2) is 59.8 Å². The van der Waals surface area contributed by atoms with Crippen LogP contribution >= 0.6 is 0 Å². The van der Waals surface area contributed by atoms with Gasteiger partial charge in [-0.3, -0.25) is 19.8 Å². The molecule has 1 atom stereocenters. The molecule has 28 heavy (non-hydrogen) atoms. The molecule has 2 aromatic carbocycles. The molecule has 2 heterocycles. The van der Waals surface area contributed by atoms with Crippen molar-refractivity contribution in [3.05, 3.63) is 75.5 Å². The van der Waals surface area contributed by atoms with E-state index in [1.54, 1.807) is 25.2 Å². The van der Waals surface area contributed by atoms with Gasteiger partial charge < -0.3 is 15.3 Å². The number of benzene rings is 2. The number of nitro groups is 1. The molecule has 9 heteroatoms. The molecule has 0 fully saturated rings. The molecule has 0 saturated heterocycles. The molecule has 2 aliphatic rings. The maximum absolute atomic E-state index is 13.2. The van der Waals surface area contributed by atoms with Gasteiger partial charge in [0.1, 0.15) is 5.75 Å². The number of carbonyl (C=O) groups is 2. The molecule has 142 valence electrons. The standard InChI is InChI=1S/C19H16N4O5/c1-21-15-10-22(12-5-7-14(24)8-6-12)18(25)16(15)17(20-19(21)26)11-3-2-4-13(9-11)23(27)28/h2-9,17,24H,10H2,1H3,(H,20,26).